The average Bonchev–Trinajstić information content (AvgIpc) is 3.84. The van der Waals surface area contributed by atoms with Crippen LogP contribution >= 0.6 is 0 Å². The number of furan rings is 1. The summed E-state index contributed by atoms with van der Waals surface area (Å²) < 4.78 is 15.3. The Morgan fingerprint density at radius 1 is 0.397 bits per heavy atom. The molecule has 0 amide bonds. The molecule has 0 saturated heterocycles. The highest BCUT2D eigenvalue weighted by atomic mass is 16.5. The summed E-state index contributed by atoms with van der Waals surface area (Å²) >= 11 is 0. The molecule has 272 valence electrons. The van der Waals surface area contributed by atoms with Gasteiger partial charge in [0.1, 0.15) is 11.2 Å². The number of benzene rings is 9. The molecule has 9 aromatic carbocycles. The number of ether oxygens (including phenoxy) is 1. The fourth-order valence-electron chi connectivity index (χ4n) is 8.94. The third-order valence-corrected chi connectivity index (χ3v) is 11.6. The Balaban J connectivity index is 1.05. The molecule has 12 rings (SSSR count). The predicted octanol–water partition coefficient (Wildman–Crippen LogP) is 15.3. The van der Waals surface area contributed by atoms with Gasteiger partial charge < -0.3 is 18.6 Å². The third kappa shape index (κ3) is 5.02. The summed E-state index contributed by atoms with van der Waals surface area (Å²) in [6.45, 7) is 0. The zero-order valence-electron chi connectivity index (χ0n) is 31.3. The van der Waals surface area contributed by atoms with Crippen LogP contribution in [0.25, 0.3) is 82.8 Å². The SMILES string of the molecule is c1ccc(-c2ccc(N(c3cccc(-c4cccc5c4oc4ccccc45)c3)c3ccccc3-c3ccc4c(c3)c3cccc5c3n4-c3ccccc3O5)cc2)cc1. The molecule has 0 spiro atoms. The van der Waals surface area contributed by atoms with E-state index in [4.69, 9.17) is 9.15 Å². The fraction of sp³-hybridized carbons (Fsp3) is 0. The van der Waals surface area contributed by atoms with E-state index in [1.54, 1.807) is 0 Å². The maximum atomic E-state index is 6.52. The van der Waals surface area contributed by atoms with Gasteiger partial charge >= 0.3 is 0 Å². The van der Waals surface area contributed by atoms with Gasteiger partial charge in [-0.2, -0.15) is 0 Å². The maximum absolute atomic E-state index is 6.52. The van der Waals surface area contributed by atoms with Crippen LogP contribution in [0.15, 0.2) is 211 Å². The van der Waals surface area contributed by atoms with E-state index in [0.29, 0.717) is 0 Å². The molecule has 4 nitrogen and oxygen atoms in total. The molecular weight excluding hydrogens is 709 g/mol. The second-order valence-corrected chi connectivity index (χ2v) is 14.9. The lowest BCUT2D eigenvalue weighted by atomic mass is 9.98. The first kappa shape index (κ1) is 32.4. The van der Waals surface area contributed by atoms with Gasteiger partial charge in [0.2, 0.25) is 0 Å². The van der Waals surface area contributed by atoms with Crippen molar-refractivity contribution in [2.75, 3.05) is 4.90 Å². The monoisotopic (exact) mass is 742 g/mol. The molecule has 1 aliphatic rings. The fourth-order valence-corrected chi connectivity index (χ4v) is 8.94. The number of para-hydroxylation sites is 6. The van der Waals surface area contributed by atoms with Crippen LogP contribution in [0, 0.1) is 0 Å². The molecule has 0 bridgehead atoms. The smallest absolute Gasteiger partial charge is 0.152 e. The van der Waals surface area contributed by atoms with E-state index in [1.807, 2.05) is 24.3 Å². The van der Waals surface area contributed by atoms with Gasteiger partial charge in [-0.15, -0.1) is 0 Å². The van der Waals surface area contributed by atoms with Crippen molar-refractivity contribution >= 4 is 60.8 Å². The van der Waals surface area contributed by atoms with Gasteiger partial charge in [0, 0.05) is 44.0 Å². The summed E-state index contributed by atoms with van der Waals surface area (Å²) in [4.78, 5) is 2.39. The molecule has 0 radical (unpaired) electrons. The van der Waals surface area contributed by atoms with Crippen LogP contribution in [-0.2, 0) is 0 Å². The molecule has 2 aromatic heterocycles. The molecule has 0 atom stereocenters. The second kappa shape index (κ2) is 12.9. The second-order valence-electron chi connectivity index (χ2n) is 14.9. The number of rotatable bonds is 6. The van der Waals surface area contributed by atoms with Gasteiger partial charge in [0.25, 0.3) is 0 Å². The first-order valence-electron chi connectivity index (χ1n) is 19.7. The lowest BCUT2D eigenvalue weighted by molar-refractivity contribution is 0.476. The highest BCUT2D eigenvalue weighted by Gasteiger charge is 2.25. The first-order valence-corrected chi connectivity index (χ1v) is 19.7. The molecule has 0 saturated carbocycles. The Bertz CT molecular complexity index is 3380. The summed E-state index contributed by atoms with van der Waals surface area (Å²) in [6.07, 6.45) is 0. The lowest BCUT2D eigenvalue weighted by Gasteiger charge is -2.28. The van der Waals surface area contributed by atoms with Gasteiger partial charge in [-0.05, 0) is 89.0 Å². The first-order chi connectivity index (χ1) is 28.8. The Labute approximate surface area is 335 Å². The quantitative estimate of drug-likeness (QED) is 0.170. The largest absolute Gasteiger partial charge is 0.455 e. The van der Waals surface area contributed by atoms with Crippen molar-refractivity contribution in [1.29, 1.82) is 0 Å². The Hall–Kier alpha value is -7.82. The molecule has 0 N–H and O–H groups in total. The maximum Gasteiger partial charge on any atom is 0.152 e. The van der Waals surface area contributed by atoms with Crippen LogP contribution in [0.5, 0.6) is 11.5 Å². The van der Waals surface area contributed by atoms with Gasteiger partial charge in [-0.3, -0.25) is 0 Å². The zero-order valence-corrected chi connectivity index (χ0v) is 31.3. The van der Waals surface area contributed by atoms with E-state index in [9.17, 15) is 0 Å². The topological polar surface area (TPSA) is 30.5 Å². The van der Waals surface area contributed by atoms with Crippen molar-refractivity contribution in [3.8, 4) is 50.6 Å². The van der Waals surface area contributed by atoms with Crippen molar-refractivity contribution in [3.63, 3.8) is 0 Å². The Kier molecular flexibility index (Phi) is 7.20. The Morgan fingerprint density at radius 2 is 1.05 bits per heavy atom. The predicted molar refractivity (Wildman–Crippen MR) is 239 cm³/mol. The summed E-state index contributed by atoms with van der Waals surface area (Å²) in [5.41, 5.74) is 15.1. The van der Waals surface area contributed by atoms with Crippen LogP contribution in [0.4, 0.5) is 17.1 Å². The molecule has 4 heteroatoms. The lowest BCUT2D eigenvalue weighted by Crippen LogP contribution is -2.11. The summed E-state index contributed by atoms with van der Waals surface area (Å²) in [7, 11) is 0. The van der Waals surface area contributed by atoms with Crippen LogP contribution < -0.4 is 9.64 Å². The van der Waals surface area contributed by atoms with Crippen LogP contribution in [-0.4, -0.2) is 4.57 Å². The molecule has 0 unspecified atom stereocenters. The van der Waals surface area contributed by atoms with E-state index >= 15 is 0 Å². The number of hydrogen-bond acceptors (Lipinski definition) is 3. The number of aromatic nitrogens is 1. The summed E-state index contributed by atoms with van der Waals surface area (Å²) in [6, 6.07) is 73.3. The zero-order chi connectivity index (χ0) is 38.2. The van der Waals surface area contributed by atoms with E-state index in [0.717, 1.165) is 89.5 Å². The van der Waals surface area contributed by atoms with Gasteiger partial charge in [-0.1, -0.05) is 140 Å². The van der Waals surface area contributed by atoms with Crippen molar-refractivity contribution in [2.45, 2.75) is 0 Å². The molecule has 58 heavy (non-hydrogen) atoms. The summed E-state index contributed by atoms with van der Waals surface area (Å²) in [5.74, 6) is 1.74. The van der Waals surface area contributed by atoms with Crippen LogP contribution in [0.3, 0.4) is 0 Å². The number of nitrogens with zero attached hydrogens (tertiary/aromatic N) is 2. The minimum Gasteiger partial charge on any atom is -0.455 e. The highest BCUT2D eigenvalue weighted by molar-refractivity contribution is 6.14. The number of fused-ring (bicyclic) bond motifs is 8. The summed E-state index contributed by atoms with van der Waals surface area (Å²) in [5, 5.41) is 4.59. The van der Waals surface area contributed by atoms with E-state index in [1.165, 1.54) is 21.9 Å². The standard InChI is InChI=1S/C54H34N2O2/c1-2-13-35(14-3-1)36-27-30-39(31-28-36)55(40-16-10-15-37(33-40)42-19-11-21-45-43-18-5-8-24-50(43)58-54(42)45)47-22-6-4-17-41(47)38-29-32-48-46(34-38)44-20-12-26-52-53(44)56(48)49-23-7-9-25-51(49)57-52/h1-34H. The van der Waals surface area contributed by atoms with E-state index in [2.05, 4.69) is 191 Å². The highest BCUT2D eigenvalue weighted by Crippen LogP contribution is 2.48. The van der Waals surface area contributed by atoms with Gasteiger partial charge in [-0.25, -0.2) is 0 Å². The molecule has 11 aromatic rings. The van der Waals surface area contributed by atoms with Crippen molar-refractivity contribution in [1.82, 2.24) is 4.57 Å². The molecule has 0 fully saturated rings. The number of anilines is 3. The third-order valence-electron chi connectivity index (χ3n) is 11.6. The molecule has 0 aliphatic carbocycles. The molecule has 3 heterocycles. The number of hydrogen-bond donors (Lipinski definition) is 0. The molecule has 1 aliphatic heterocycles. The Morgan fingerprint density at radius 3 is 1.98 bits per heavy atom. The van der Waals surface area contributed by atoms with Crippen LogP contribution in [0.2, 0.25) is 0 Å². The van der Waals surface area contributed by atoms with Crippen molar-refractivity contribution in [2.24, 2.45) is 0 Å². The minimum atomic E-state index is 0.863. The van der Waals surface area contributed by atoms with E-state index < -0.39 is 0 Å². The normalized spacial score (nSPS) is 11.9. The van der Waals surface area contributed by atoms with Crippen LogP contribution in [0.1, 0.15) is 0 Å². The average molecular weight is 743 g/mol. The van der Waals surface area contributed by atoms with E-state index in [-0.39, 0.29) is 0 Å². The molecular formula is C54H34N2O2. The van der Waals surface area contributed by atoms with Gasteiger partial charge in [0.15, 0.2) is 11.5 Å². The van der Waals surface area contributed by atoms with Gasteiger partial charge in [0.05, 0.1) is 22.4 Å². The minimum absolute atomic E-state index is 0.863. The van der Waals surface area contributed by atoms with Crippen molar-refractivity contribution in [3.05, 3.63) is 206 Å². The van der Waals surface area contributed by atoms with Crippen molar-refractivity contribution < 1.29 is 9.15 Å².